The first-order chi connectivity index (χ1) is 9.42. The van der Waals surface area contributed by atoms with Crippen molar-refractivity contribution in [3.63, 3.8) is 0 Å². The van der Waals surface area contributed by atoms with Crippen LogP contribution in [0.3, 0.4) is 0 Å². The summed E-state index contributed by atoms with van der Waals surface area (Å²) in [5.41, 5.74) is 2.07. The molecule has 19 heavy (non-hydrogen) atoms. The first kappa shape index (κ1) is 12.4. The highest BCUT2D eigenvalue weighted by Gasteiger charge is 2.13. The minimum Gasteiger partial charge on any atom is -0.372 e. The highest BCUT2D eigenvalue weighted by Crippen LogP contribution is 2.11. The summed E-state index contributed by atoms with van der Waals surface area (Å²) in [4.78, 5) is 0. The molecule has 0 bridgehead atoms. The quantitative estimate of drug-likeness (QED) is 0.912. The molecule has 4 nitrogen and oxygen atoms in total. The van der Waals surface area contributed by atoms with Gasteiger partial charge in [-0.05, 0) is 44.1 Å². The average molecular weight is 257 g/mol. The van der Waals surface area contributed by atoms with Crippen molar-refractivity contribution in [3.05, 3.63) is 48.3 Å². The van der Waals surface area contributed by atoms with Gasteiger partial charge in [-0.2, -0.15) is 5.10 Å². The minimum atomic E-state index is 0.378. The lowest BCUT2D eigenvalue weighted by Gasteiger charge is -2.22. The summed E-state index contributed by atoms with van der Waals surface area (Å²) in [5, 5.41) is 7.88. The summed E-state index contributed by atoms with van der Waals surface area (Å²) in [6.07, 6.45) is 4.55. The molecule has 0 atom stereocenters. The molecule has 0 radical (unpaired) electrons. The standard InChI is InChI=1S/C15H19N3O/c1-2-4-14(5-3-1)18-11-8-13(17-18)12-19-15-6-9-16-10-7-15/h1-5,8,11,15-16H,6-7,9-10,12H2. The Morgan fingerprint density at radius 2 is 1.95 bits per heavy atom. The van der Waals surface area contributed by atoms with E-state index in [1.54, 1.807) is 0 Å². The van der Waals surface area contributed by atoms with Crippen LogP contribution < -0.4 is 5.32 Å². The van der Waals surface area contributed by atoms with Gasteiger partial charge >= 0.3 is 0 Å². The molecule has 1 saturated heterocycles. The molecule has 4 heteroatoms. The number of ether oxygens (including phenoxy) is 1. The molecule has 0 spiro atoms. The second-order valence-corrected chi connectivity index (χ2v) is 4.85. The average Bonchev–Trinajstić information content (AvgIpc) is 2.96. The van der Waals surface area contributed by atoms with Crippen molar-refractivity contribution >= 4 is 0 Å². The number of para-hydroxylation sites is 1. The molecular weight excluding hydrogens is 238 g/mol. The molecule has 1 N–H and O–H groups in total. The number of nitrogens with zero attached hydrogens (tertiary/aromatic N) is 2. The number of aromatic nitrogens is 2. The normalized spacial score (nSPS) is 16.6. The molecule has 1 fully saturated rings. The number of nitrogens with one attached hydrogen (secondary N) is 1. The van der Waals surface area contributed by atoms with E-state index in [1.807, 2.05) is 47.3 Å². The maximum atomic E-state index is 5.90. The Morgan fingerprint density at radius 1 is 1.16 bits per heavy atom. The Morgan fingerprint density at radius 3 is 2.74 bits per heavy atom. The third-order valence-electron chi connectivity index (χ3n) is 3.42. The molecule has 3 rings (SSSR count). The van der Waals surface area contributed by atoms with Gasteiger partial charge in [-0.3, -0.25) is 0 Å². The number of hydrogen-bond acceptors (Lipinski definition) is 3. The number of rotatable bonds is 4. The van der Waals surface area contributed by atoms with Crippen molar-refractivity contribution in [3.8, 4) is 5.69 Å². The molecule has 0 unspecified atom stereocenters. The van der Waals surface area contributed by atoms with Crippen LogP contribution >= 0.6 is 0 Å². The van der Waals surface area contributed by atoms with Crippen LogP contribution in [0.25, 0.3) is 5.69 Å². The van der Waals surface area contributed by atoms with E-state index in [2.05, 4.69) is 10.4 Å². The number of hydrogen-bond donors (Lipinski definition) is 1. The molecule has 2 heterocycles. The van der Waals surface area contributed by atoms with E-state index >= 15 is 0 Å². The van der Waals surface area contributed by atoms with E-state index in [1.165, 1.54) is 0 Å². The van der Waals surface area contributed by atoms with Crippen LogP contribution in [0.1, 0.15) is 18.5 Å². The van der Waals surface area contributed by atoms with E-state index < -0.39 is 0 Å². The molecule has 100 valence electrons. The first-order valence-electron chi connectivity index (χ1n) is 6.84. The molecular formula is C15H19N3O. The van der Waals surface area contributed by atoms with E-state index in [9.17, 15) is 0 Å². The predicted molar refractivity (Wildman–Crippen MR) is 74.2 cm³/mol. The van der Waals surface area contributed by atoms with Crippen LogP contribution in [0.4, 0.5) is 0 Å². The van der Waals surface area contributed by atoms with Crippen LogP contribution in [0, 0.1) is 0 Å². The monoisotopic (exact) mass is 257 g/mol. The van der Waals surface area contributed by atoms with E-state index in [0.29, 0.717) is 12.7 Å². The van der Waals surface area contributed by atoms with Gasteiger partial charge in [0.15, 0.2) is 0 Å². The van der Waals surface area contributed by atoms with Crippen LogP contribution in [0.2, 0.25) is 0 Å². The molecule has 1 aliphatic heterocycles. The van der Waals surface area contributed by atoms with Gasteiger partial charge in [-0.15, -0.1) is 0 Å². The highest BCUT2D eigenvalue weighted by molar-refractivity contribution is 5.30. The second kappa shape index (κ2) is 5.99. The Bertz CT molecular complexity index is 503. The largest absolute Gasteiger partial charge is 0.372 e. The molecule has 0 saturated carbocycles. The van der Waals surface area contributed by atoms with Gasteiger partial charge in [-0.1, -0.05) is 18.2 Å². The van der Waals surface area contributed by atoms with E-state index in [0.717, 1.165) is 37.3 Å². The van der Waals surface area contributed by atoms with Gasteiger partial charge < -0.3 is 10.1 Å². The van der Waals surface area contributed by atoms with Gasteiger partial charge in [-0.25, -0.2) is 4.68 Å². The topological polar surface area (TPSA) is 39.1 Å². The van der Waals surface area contributed by atoms with Gasteiger partial charge in [0, 0.05) is 6.20 Å². The maximum Gasteiger partial charge on any atom is 0.0910 e. The summed E-state index contributed by atoms with van der Waals surface area (Å²) in [6, 6.07) is 12.2. The van der Waals surface area contributed by atoms with Crippen molar-refractivity contribution in [2.45, 2.75) is 25.6 Å². The minimum absolute atomic E-state index is 0.378. The van der Waals surface area contributed by atoms with Crippen molar-refractivity contribution in [1.82, 2.24) is 15.1 Å². The fraction of sp³-hybridized carbons (Fsp3) is 0.400. The first-order valence-corrected chi connectivity index (χ1v) is 6.84. The summed E-state index contributed by atoms with van der Waals surface area (Å²) in [6.45, 7) is 2.72. The van der Waals surface area contributed by atoms with Crippen LogP contribution in [0.15, 0.2) is 42.6 Å². The highest BCUT2D eigenvalue weighted by atomic mass is 16.5. The van der Waals surface area contributed by atoms with Gasteiger partial charge in [0.2, 0.25) is 0 Å². The maximum absolute atomic E-state index is 5.90. The second-order valence-electron chi connectivity index (χ2n) is 4.85. The van der Waals surface area contributed by atoms with Crippen molar-refractivity contribution in [1.29, 1.82) is 0 Å². The summed E-state index contributed by atoms with van der Waals surface area (Å²) in [7, 11) is 0. The Kier molecular flexibility index (Phi) is 3.91. The van der Waals surface area contributed by atoms with E-state index in [4.69, 9.17) is 4.74 Å². The van der Waals surface area contributed by atoms with Gasteiger partial charge in [0.05, 0.1) is 24.1 Å². The predicted octanol–water partition coefficient (Wildman–Crippen LogP) is 2.14. The molecule has 1 aliphatic rings. The Labute approximate surface area is 113 Å². The zero-order valence-electron chi connectivity index (χ0n) is 11.0. The van der Waals surface area contributed by atoms with Gasteiger partial charge in [0.1, 0.15) is 0 Å². The fourth-order valence-corrected chi connectivity index (χ4v) is 2.33. The molecule has 1 aromatic carbocycles. The molecule has 0 aliphatic carbocycles. The number of piperidine rings is 1. The molecule has 2 aromatic rings. The van der Waals surface area contributed by atoms with Crippen LogP contribution in [-0.4, -0.2) is 29.0 Å². The third-order valence-corrected chi connectivity index (χ3v) is 3.42. The lowest BCUT2D eigenvalue weighted by atomic mass is 10.1. The summed E-state index contributed by atoms with van der Waals surface area (Å²) in [5.74, 6) is 0. The smallest absolute Gasteiger partial charge is 0.0910 e. The number of benzene rings is 1. The van der Waals surface area contributed by atoms with Gasteiger partial charge in [0.25, 0.3) is 0 Å². The molecule has 0 amide bonds. The Hall–Kier alpha value is -1.65. The van der Waals surface area contributed by atoms with Crippen molar-refractivity contribution in [2.24, 2.45) is 0 Å². The summed E-state index contributed by atoms with van der Waals surface area (Å²) >= 11 is 0. The van der Waals surface area contributed by atoms with Crippen molar-refractivity contribution in [2.75, 3.05) is 13.1 Å². The van der Waals surface area contributed by atoms with Crippen molar-refractivity contribution < 1.29 is 4.74 Å². The molecule has 1 aromatic heterocycles. The Balaban J connectivity index is 1.59. The third kappa shape index (κ3) is 3.22. The zero-order chi connectivity index (χ0) is 12.9. The van der Waals surface area contributed by atoms with E-state index in [-0.39, 0.29) is 0 Å². The fourth-order valence-electron chi connectivity index (χ4n) is 2.33. The lowest BCUT2D eigenvalue weighted by molar-refractivity contribution is 0.0194. The van der Waals surface area contributed by atoms with Crippen LogP contribution in [0.5, 0.6) is 0 Å². The summed E-state index contributed by atoms with van der Waals surface area (Å²) < 4.78 is 7.79. The lowest BCUT2D eigenvalue weighted by Crippen LogP contribution is -2.32. The zero-order valence-corrected chi connectivity index (χ0v) is 11.0. The SMILES string of the molecule is c1ccc(-n2ccc(COC3CCNCC3)n2)cc1. The van der Waals surface area contributed by atoms with Crippen LogP contribution in [-0.2, 0) is 11.3 Å².